The fraction of sp³-hybridized carbons (Fsp3) is 0.684. The number of hydrogen-bond donors (Lipinski definition) is 2. The number of halogens is 4. The van der Waals surface area contributed by atoms with E-state index in [4.69, 9.17) is 0 Å². The van der Waals surface area contributed by atoms with E-state index in [1.54, 1.807) is 13.1 Å². The molecule has 29 heavy (non-hydrogen) atoms. The second-order valence-electron chi connectivity index (χ2n) is 6.87. The van der Waals surface area contributed by atoms with Gasteiger partial charge in [-0.2, -0.15) is 13.2 Å². The van der Waals surface area contributed by atoms with Gasteiger partial charge in [0, 0.05) is 32.4 Å². The van der Waals surface area contributed by atoms with Crippen molar-refractivity contribution in [2.45, 2.75) is 44.8 Å². The zero-order valence-electron chi connectivity index (χ0n) is 16.8. The van der Waals surface area contributed by atoms with Crippen molar-refractivity contribution in [3.63, 3.8) is 0 Å². The number of alkyl halides is 3. The van der Waals surface area contributed by atoms with Crippen molar-refractivity contribution in [1.82, 2.24) is 20.5 Å². The van der Waals surface area contributed by atoms with Crippen LogP contribution in [0.2, 0.25) is 0 Å². The molecular weight excluding hydrogens is 498 g/mol. The average molecular weight is 529 g/mol. The van der Waals surface area contributed by atoms with Gasteiger partial charge < -0.3 is 20.3 Å². The molecule has 10 heteroatoms. The fourth-order valence-corrected chi connectivity index (χ4v) is 3.03. The summed E-state index contributed by atoms with van der Waals surface area (Å²) in [4.78, 5) is 10.6. The van der Waals surface area contributed by atoms with Gasteiger partial charge in [0.1, 0.15) is 0 Å². The quantitative estimate of drug-likeness (QED) is 0.234. The Morgan fingerprint density at radius 3 is 2.48 bits per heavy atom. The van der Waals surface area contributed by atoms with Crippen molar-refractivity contribution in [3.05, 3.63) is 23.9 Å². The standard InChI is InChI=1S/C19H30F3N5O.HI/c1-23-18(24-9-6-12-27-10-4-2-3-5-11-27)26-14-16-7-8-17(25-13-16)28-15-19(20,21)22;/h7-8,13H,2-6,9-12,14-15H2,1H3,(H2,23,24,26);1H. The van der Waals surface area contributed by atoms with Crippen LogP contribution in [0, 0.1) is 0 Å². The number of nitrogens with one attached hydrogen (secondary N) is 2. The van der Waals surface area contributed by atoms with E-state index in [-0.39, 0.29) is 29.9 Å². The van der Waals surface area contributed by atoms with E-state index in [1.807, 2.05) is 0 Å². The molecule has 0 aliphatic carbocycles. The second-order valence-corrected chi connectivity index (χ2v) is 6.87. The lowest BCUT2D eigenvalue weighted by molar-refractivity contribution is -0.154. The summed E-state index contributed by atoms with van der Waals surface area (Å²) >= 11 is 0. The maximum Gasteiger partial charge on any atom is 0.422 e. The molecule has 1 aromatic rings. The first kappa shape index (κ1) is 25.7. The van der Waals surface area contributed by atoms with Crippen LogP contribution in [0.15, 0.2) is 23.3 Å². The maximum atomic E-state index is 12.1. The topological polar surface area (TPSA) is 61.8 Å². The number of aliphatic imine (C=N–C) groups is 1. The highest BCUT2D eigenvalue weighted by atomic mass is 127. The minimum absolute atomic E-state index is 0. The van der Waals surface area contributed by atoms with Crippen LogP contribution in [-0.2, 0) is 6.54 Å². The van der Waals surface area contributed by atoms with Crippen LogP contribution in [0.5, 0.6) is 5.88 Å². The molecule has 2 heterocycles. The molecule has 1 aromatic heterocycles. The maximum absolute atomic E-state index is 12.1. The lowest BCUT2D eigenvalue weighted by Crippen LogP contribution is -2.38. The molecule has 0 unspecified atom stereocenters. The number of likely N-dealkylation sites (tertiary alicyclic amines) is 1. The van der Waals surface area contributed by atoms with Crippen molar-refractivity contribution in [2.75, 3.05) is 39.8 Å². The highest BCUT2D eigenvalue weighted by molar-refractivity contribution is 14.0. The number of hydrogen-bond acceptors (Lipinski definition) is 4. The number of aromatic nitrogens is 1. The summed E-state index contributed by atoms with van der Waals surface area (Å²) in [6, 6.07) is 3.11. The zero-order chi connectivity index (χ0) is 20.2. The van der Waals surface area contributed by atoms with E-state index in [2.05, 4.69) is 30.2 Å². The zero-order valence-corrected chi connectivity index (χ0v) is 19.1. The van der Waals surface area contributed by atoms with Gasteiger partial charge in [0.2, 0.25) is 5.88 Å². The first-order chi connectivity index (χ1) is 13.5. The lowest BCUT2D eigenvalue weighted by atomic mass is 10.2. The predicted molar refractivity (Wildman–Crippen MR) is 119 cm³/mol. The van der Waals surface area contributed by atoms with E-state index < -0.39 is 12.8 Å². The Balaban J connectivity index is 0.00000420. The summed E-state index contributed by atoms with van der Waals surface area (Å²) in [7, 11) is 1.70. The fourth-order valence-electron chi connectivity index (χ4n) is 3.03. The Labute approximate surface area is 187 Å². The van der Waals surface area contributed by atoms with Gasteiger partial charge in [-0.25, -0.2) is 4.98 Å². The molecule has 1 aliphatic heterocycles. The van der Waals surface area contributed by atoms with Crippen LogP contribution in [0.4, 0.5) is 13.2 Å². The summed E-state index contributed by atoms with van der Waals surface area (Å²) < 4.78 is 41.0. The molecule has 0 bridgehead atoms. The highest BCUT2D eigenvalue weighted by Gasteiger charge is 2.28. The molecule has 0 aromatic carbocycles. The monoisotopic (exact) mass is 529 g/mol. The first-order valence-corrected chi connectivity index (χ1v) is 9.77. The van der Waals surface area contributed by atoms with Crippen molar-refractivity contribution in [1.29, 1.82) is 0 Å². The number of guanidine groups is 1. The lowest BCUT2D eigenvalue weighted by Gasteiger charge is -2.20. The summed E-state index contributed by atoms with van der Waals surface area (Å²) in [5.41, 5.74) is 0.826. The smallest absolute Gasteiger partial charge is 0.422 e. The van der Waals surface area contributed by atoms with E-state index >= 15 is 0 Å². The van der Waals surface area contributed by atoms with E-state index in [9.17, 15) is 13.2 Å². The Morgan fingerprint density at radius 2 is 1.90 bits per heavy atom. The predicted octanol–water partition coefficient (Wildman–Crippen LogP) is 3.57. The molecule has 2 N–H and O–H groups in total. The van der Waals surface area contributed by atoms with Gasteiger partial charge in [-0.15, -0.1) is 24.0 Å². The Kier molecular flexibility index (Phi) is 12.3. The second kappa shape index (κ2) is 13.8. The Morgan fingerprint density at radius 1 is 1.17 bits per heavy atom. The van der Waals surface area contributed by atoms with Crippen LogP contribution >= 0.6 is 24.0 Å². The van der Waals surface area contributed by atoms with Gasteiger partial charge in [-0.3, -0.25) is 4.99 Å². The largest absolute Gasteiger partial charge is 0.468 e. The third-order valence-corrected chi connectivity index (χ3v) is 4.51. The summed E-state index contributed by atoms with van der Waals surface area (Å²) in [5.74, 6) is 0.644. The number of ether oxygens (including phenoxy) is 1. The van der Waals surface area contributed by atoms with Gasteiger partial charge >= 0.3 is 6.18 Å². The molecule has 0 radical (unpaired) electrons. The number of pyridine rings is 1. The molecule has 0 atom stereocenters. The SMILES string of the molecule is CN=C(NCCCN1CCCCCC1)NCc1ccc(OCC(F)(F)F)nc1.I. The molecule has 166 valence electrons. The molecule has 6 nitrogen and oxygen atoms in total. The van der Waals surface area contributed by atoms with Gasteiger partial charge in [0.05, 0.1) is 0 Å². The molecular formula is C19H31F3IN5O. The van der Waals surface area contributed by atoms with Gasteiger partial charge in [-0.1, -0.05) is 18.9 Å². The van der Waals surface area contributed by atoms with Gasteiger partial charge in [0.15, 0.2) is 12.6 Å². The average Bonchev–Trinajstić information content (AvgIpc) is 2.95. The minimum atomic E-state index is -4.37. The molecule has 1 aliphatic rings. The summed E-state index contributed by atoms with van der Waals surface area (Å²) in [6.45, 7) is 3.45. The number of nitrogens with zero attached hydrogens (tertiary/aromatic N) is 3. The van der Waals surface area contributed by atoms with Gasteiger partial charge in [-0.05, 0) is 44.5 Å². The molecule has 1 saturated heterocycles. The third kappa shape index (κ3) is 11.5. The van der Waals surface area contributed by atoms with E-state index in [1.165, 1.54) is 51.0 Å². The molecule has 0 spiro atoms. The van der Waals surface area contributed by atoms with Crippen molar-refractivity contribution >= 4 is 29.9 Å². The highest BCUT2D eigenvalue weighted by Crippen LogP contribution is 2.17. The van der Waals surface area contributed by atoms with Gasteiger partial charge in [0.25, 0.3) is 0 Å². The molecule has 0 amide bonds. The first-order valence-electron chi connectivity index (χ1n) is 9.77. The van der Waals surface area contributed by atoms with Crippen LogP contribution in [0.3, 0.4) is 0 Å². The van der Waals surface area contributed by atoms with Crippen LogP contribution < -0.4 is 15.4 Å². The van der Waals surface area contributed by atoms with Crippen molar-refractivity contribution in [3.8, 4) is 5.88 Å². The molecule has 0 saturated carbocycles. The summed E-state index contributed by atoms with van der Waals surface area (Å²) in [6.07, 6.45) is 3.45. The van der Waals surface area contributed by atoms with Crippen LogP contribution in [0.25, 0.3) is 0 Å². The Hall–Kier alpha value is -1.30. The molecule has 2 rings (SSSR count). The van der Waals surface area contributed by atoms with Crippen molar-refractivity contribution < 1.29 is 17.9 Å². The third-order valence-electron chi connectivity index (χ3n) is 4.51. The minimum Gasteiger partial charge on any atom is -0.468 e. The van der Waals surface area contributed by atoms with Crippen LogP contribution in [0.1, 0.15) is 37.7 Å². The summed E-state index contributed by atoms with van der Waals surface area (Å²) in [5, 5.41) is 6.46. The normalized spacial score (nSPS) is 15.9. The van der Waals surface area contributed by atoms with E-state index in [0.29, 0.717) is 12.5 Å². The van der Waals surface area contributed by atoms with E-state index in [0.717, 1.165) is 25.1 Å². The Bertz CT molecular complexity index is 591. The number of rotatable bonds is 8. The van der Waals surface area contributed by atoms with Crippen LogP contribution in [-0.4, -0.2) is 61.9 Å². The van der Waals surface area contributed by atoms with Crippen molar-refractivity contribution in [2.24, 2.45) is 4.99 Å². The molecule has 1 fully saturated rings.